The van der Waals surface area contributed by atoms with Gasteiger partial charge >= 0.3 is 0 Å². The lowest BCUT2D eigenvalue weighted by Crippen LogP contribution is -2.34. The van der Waals surface area contributed by atoms with E-state index in [2.05, 4.69) is 18.2 Å². The Kier molecular flexibility index (Phi) is 3.52. The molecule has 1 heterocycles. The van der Waals surface area contributed by atoms with Gasteiger partial charge in [0.2, 0.25) is 10.5 Å². The van der Waals surface area contributed by atoms with E-state index >= 15 is 0 Å². The first kappa shape index (κ1) is 13.2. The quantitative estimate of drug-likeness (QED) is 0.694. The maximum atomic E-state index is 10.6. The molecule has 1 aromatic heterocycles. The van der Waals surface area contributed by atoms with Crippen LogP contribution in [-0.2, 0) is 16.7 Å². The van der Waals surface area contributed by atoms with E-state index in [1.165, 1.54) is 10.8 Å². The van der Waals surface area contributed by atoms with Gasteiger partial charge in [-0.05, 0) is 24.6 Å². The largest absolute Gasteiger partial charge is 0.287 e. The van der Waals surface area contributed by atoms with Gasteiger partial charge in [0.1, 0.15) is 4.70 Å². The molecule has 0 saturated heterocycles. The Hall–Kier alpha value is -1.24. The van der Waals surface area contributed by atoms with Crippen molar-refractivity contribution in [2.45, 2.75) is 20.4 Å². The molecule has 0 aliphatic carbocycles. The Labute approximate surface area is 110 Å². The molecular weight excluding hydrogens is 270 g/mol. The van der Waals surface area contributed by atoms with E-state index in [-0.39, 0.29) is 0 Å². The van der Waals surface area contributed by atoms with Crippen molar-refractivity contribution in [2.24, 2.45) is 0 Å². The van der Waals surface area contributed by atoms with Crippen LogP contribution in [0.3, 0.4) is 0 Å². The van der Waals surface area contributed by atoms with Crippen LogP contribution in [0.2, 0.25) is 0 Å². The van der Waals surface area contributed by atoms with E-state index in [1.54, 1.807) is 11.3 Å². The van der Waals surface area contributed by atoms with Crippen LogP contribution in [-0.4, -0.2) is 13.0 Å². The summed E-state index contributed by atoms with van der Waals surface area (Å²) in [6, 6.07) is 6.18. The van der Waals surface area contributed by atoms with Crippen LogP contribution in [0.1, 0.15) is 10.6 Å². The lowest BCUT2D eigenvalue weighted by atomic mass is 10.2. The third-order valence-electron chi connectivity index (χ3n) is 2.60. The molecular formula is C12H14NO3S2+. The molecule has 1 aromatic carbocycles. The number of hydrogen-bond acceptors (Lipinski definition) is 3. The normalized spacial score (nSPS) is 12.6. The number of rotatable bonds is 3. The van der Waals surface area contributed by atoms with Gasteiger partial charge in [-0.15, -0.1) is 0 Å². The van der Waals surface area contributed by atoms with Gasteiger partial charge in [-0.25, -0.2) is 0 Å². The minimum atomic E-state index is -4.04. The first-order chi connectivity index (χ1) is 8.37. The predicted octanol–water partition coefficient (Wildman–Crippen LogP) is 2.21. The smallest absolute Gasteiger partial charge is 0.282 e. The molecule has 0 aliphatic heterocycles. The molecule has 96 valence electrons. The van der Waals surface area contributed by atoms with E-state index < -0.39 is 10.1 Å². The van der Waals surface area contributed by atoms with E-state index in [0.717, 1.165) is 21.5 Å². The summed E-state index contributed by atoms with van der Waals surface area (Å²) in [5.41, 5.74) is 2.24. The maximum Gasteiger partial charge on any atom is 0.287 e. The third-order valence-corrected chi connectivity index (χ3v) is 4.22. The highest BCUT2D eigenvalue weighted by atomic mass is 32.2. The molecule has 0 atom stereocenters. The fraction of sp³-hybridized carbons (Fsp3) is 0.250. The number of allylic oxidation sites excluding steroid dienone is 1. The summed E-state index contributed by atoms with van der Waals surface area (Å²) in [6.07, 6.45) is 1.44. The van der Waals surface area contributed by atoms with Gasteiger partial charge in [0, 0.05) is 13.0 Å². The monoisotopic (exact) mass is 284 g/mol. The van der Waals surface area contributed by atoms with Crippen molar-refractivity contribution in [1.82, 2.24) is 0 Å². The number of nitrogens with zero attached hydrogens (tertiary/aromatic N) is 1. The SMILES string of the molecule is Cc1ccc2sc(C)[n+](CC=CS(=O)(=O)O)c2c1. The van der Waals surface area contributed by atoms with Crippen molar-refractivity contribution in [3.05, 3.63) is 40.3 Å². The van der Waals surface area contributed by atoms with E-state index in [9.17, 15) is 8.42 Å². The molecule has 18 heavy (non-hydrogen) atoms. The molecule has 0 radical (unpaired) electrons. The maximum absolute atomic E-state index is 10.6. The highest BCUT2D eigenvalue weighted by molar-refractivity contribution is 7.88. The molecule has 1 N–H and O–H groups in total. The van der Waals surface area contributed by atoms with Gasteiger partial charge in [-0.3, -0.25) is 4.55 Å². The zero-order valence-electron chi connectivity index (χ0n) is 10.1. The van der Waals surface area contributed by atoms with Crippen molar-refractivity contribution >= 4 is 31.7 Å². The van der Waals surface area contributed by atoms with Crippen molar-refractivity contribution in [3.8, 4) is 0 Å². The Morgan fingerprint density at radius 1 is 1.39 bits per heavy atom. The number of benzene rings is 1. The van der Waals surface area contributed by atoms with Gasteiger partial charge in [0.25, 0.3) is 10.1 Å². The van der Waals surface area contributed by atoms with Gasteiger partial charge in [0.05, 0.1) is 5.41 Å². The summed E-state index contributed by atoms with van der Waals surface area (Å²) in [5.74, 6) is 0. The van der Waals surface area contributed by atoms with Crippen LogP contribution >= 0.6 is 11.3 Å². The number of fused-ring (bicyclic) bond motifs is 1. The molecule has 4 nitrogen and oxygen atoms in total. The number of hydrogen-bond donors (Lipinski definition) is 1. The lowest BCUT2D eigenvalue weighted by molar-refractivity contribution is -0.662. The molecule has 0 bridgehead atoms. The Balaban J connectivity index is 2.41. The van der Waals surface area contributed by atoms with Gasteiger partial charge in [0.15, 0.2) is 6.54 Å². The predicted molar refractivity (Wildman–Crippen MR) is 72.2 cm³/mol. The summed E-state index contributed by atoms with van der Waals surface area (Å²) < 4.78 is 33.1. The Morgan fingerprint density at radius 3 is 2.78 bits per heavy atom. The first-order valence-electron chi connectivity index (χ1n) is 5.40. The molecule has 6 heteroatoms. The van der Waals surface area contributed by atoms with Crippen LogP contribution < -0.4 is 4.57 Å². The number of aryl methyl sites for hydroxylation is 2. The minimum absolute atomic E-state index is 0.426. The first-order valence-corrected chi connectivity index (χ1v) is 7.72. The summed E-state index contributed by atoms with van der Waals surface area (Å²) >= 11 is 1.66. The molecule has 0 spiro atoms. The zero-order valence-corrected chi connectivity index (χ0v) is 11.8. The van der Waals surface area contributed by atoms with Gasteiger partial charge in [-0.1, -0.05) is 17.4 Å². The van der Waals surface area contributed by atoms with Crippen LogP contribution in [0.25, 0.3) is 10.2 Å². The second-order valence-corrected chi connectivity index (χ2v) is 6.63. The van der Waals surface area contributed by atoms with Crippen LogP contribution in [0.5, 0.6) is 0 Å². The molecule has 0 saturated carbocycles. The standard InChI is InChI=1S/C12H13NO3S2/c1-9-4-5-12-11(8-9)13(10(2)17-12)6-3-7-18(14,15)16/h3-5,7-8H,6H2,1-2H3/p+1. The summed E-state index contributed by atoms with van der Waals surface area (Å²) in [7, 11) is -4.04. The lowest BCUT2D eigenvalue weighted by Gasteiger charge is -1.93. The Bertz CT molecular complexity index is 714. The van der Waals surface area contributed by atoms with E-state index in [0.29, 0.717) is 6.54 Å². The molecule has 0 unspecified atom stereocenters. The van der Waals surface area contributed by atoms with Crippen LogP contribution in [0, 0.1) is 13.8 Å². The van der Waals surface area contributed by atoms with Gasteiger partial charge in [-0.2, -0.15) is 13.0 Å². The molecule has 0 amide bonds. The van der Waals surface area contributed by atoms with Crippen molar-refractivity contribution < 1.29 is 17.5 Å². The van der Waals surface area contributed by atoms with Gasteiger partial charge < -0.3 is 0 Å². The zero-order chi connectivity index (χ0) is 13.3. The van der Waals surface area contributed by atoms with Crippen molar-refractivity contribution in [2.75, 3.05) is 0 Å². The van der Waals surface area contributed by atoms with E-state index in [1.807, 2.05) is 18.4 Å². The topological polar surface area (TPSA) is 58.2 Å². The Morgan fingerprint density at radius 2 is 2.11 bits per heavy atom. The fourth-order valence-corrected chi connectivity index (χ4v) is 3.15. The second-order valence-electron chi connectivity index (χ2n) is 4.09. The highest BCUT2D eigenvalue weighted by Crippen LogP contribution is 2.20. The molecule has 2 rings (SSSR count). The minimum Gasteiger partial charge on any atom is -0.282 e. The van der Waals surface area contributed by atoms with Crippen molar-refractivity contribution in [1.29, 1.82) is 0 Å². The summed E-state index contributed by atoms with van der Waals surface area (Å²) in [4.78, 5) is 0. The number of aromatic nitrogens is 1. The average Bonchev–Trinajstić information content (AvgIpc) is 2.54. The summed E-state index contributed by atoms with van der Waals surface area (Å²) in [5, 5.41) is 1.91. The molecule has 2 aromatic rings. The number of thiazole rings is 1. The highest BCUT2D eigenvalue weighted by Gasteiger charge is 2.15. The molecule has 0 aliphatic rings. The molecule has 0 fully saturated rings. The second kappa shape index (κ2) is 4.79. The average molecular weight is 284 g/mol. The summed E-state index contributed by atoms with van der Waals surface area (Å²) in [6.45, 7) is 4.43. The van der Waals surface area contributed by atoms with Crippen LogP contribution in [0.4, 0.5) is 0 Å². The van der Waals surface area contributed by atoms with Crippen molar-refractivity contribution in [3.63, 3.8) is 0 Å². The van der Waals surface area contributed by atoms with Crippen LogP contribution in [0.15, 0.2) is 29.7 Å². The third kappa shape index (κ3) is 2.95. The fourth-order valence-electron chi connectivity index (χ4n) is 1.81. The van der Waals surface area contributed by atoms with E-state index in [4.69, 9.17) is 4.55 Å².